The summed E-state index contributed by atoms with van der Waals surface area (Å²) in [5.41, 5.74) is 0.928. The highest BCUT2D eigenvalue weighted by Gasteiger charge is 2.28. The monoisotopic (exact) mass is 386 g/mol. The molecule has 0 atom stereocenters. The maximum atomic E-state index is 11.5. The predicted molar refractivity (Wildman–Crippen MR) is 99.9 cm³/mol. The first-order valence-corrected chi connectivity index (χ1v) is 11.6. The lowest BCUT2D eigenvalue weighted by molar-refractivity contribution is -0.119. The fourth-order valence-corrected chi connectivity index (χ4v) is 4.86. The maximum absolute atomic E-state index is 11.5. The number of aryl methyl sites for hydroxylation is 1. The van der Waals surface area contributed by atoms with Gasteiger partial charge in [0.1, 0.15) is 27.4 Å². The van der Waals surface area contributed by atoms with E-state index in [1.807, 2.05) is 6.92 Å². The Hall–Kier alpha value is -1.18. The van der Waals surface area contributed by atoms with Crippen LogP contribution in [0.1, 0.15) is 44.6 Å². The van der Waals surface area contributed by atoms with Crippen LogP contribution in [-0.2, 0) is 30.6 Å². The molecule has 1 fully saturated rings. The zero-order valence-electron chi connectivity index (χ0n) is 14.8. The fourth-order valence-electron chi connectivity index (χ4n) is 2.27. The van der Waals surface area contributed by atoms with Gasteiger partial charge >= 0.3 is 0 Å². The van der Waals surface area contributed by atoms with Gasteiger partial charge in [0.25, 0.3) is 0 Å². The Balaban J connectivity index is 0.000000257. The van der Waals surface area contributed by atoms with E-state index in [1.54, 1.807) is 12.1 Å². The first-order valence-electron chi connectivity index (χ1n) is 8.42. The molecular formula is C18H26O5S2. The van der Waals surface area contributed by atoms with Crippen LogP contribution in [0, 0.1) is 6.92 Å². The molecule has 1 aliphatic rings. The van der Waals surface area contributed by atoms with E-state index in [-0.39, 0.29) is 15.8 Å². The lowest BCUT2D eigenvalue weighted by atomic mass is 10.2. The number of carbonyl (C=O) groups is 2. The summed E-state index contributed by atoms with van der Waals surface area (Å²) in [5, 5.41) is 0. The van der Waals surface area contributed by atoms with Crippen molar-refractivity contribution < 1.29 is 22.6 Å². The highest BCUT2D eigenvalue weighted by Crippen LogP contribution is 2.12. The van der Waals surface area contributed by atoms with Crippen LogP contribution >= 0.6 is 0 Å². The molecule has 0 spiro atoms. The van der Waals surface area contributed by atoms with Gasteiger partial charge in [-0.05, 0) is 36.4 Å². The van der Waals surface area contributed by atoms with Crippen molar-refractivity contribution in [2.45, 2.75) is 50.8 Å². The molecule has 1 aromatic rings. The van der Waals surface area contributed by atoms with Gasteiger partial charge in [-0.15, -0.1) is 0 Å². The van der Waals surface area contributed by atoms with E-state index in [9.17, 15) is 22.6 Å². The van der Waals surface area contributed by atoms with Crippen LogP contribution in [0.4, 0.5) is 0 Å². The van der Waals surface area contributed by atoms with E-state index < -0.39 is 10.1 Å². The molecule has 0 bridgehead atoms. The molecule has 0 radical (unpaired) electrons. The molecule has 1 aromatic carbocycles. The Bertz CT molecular complexity index is 655. The van der Waals surface area contributed by atoms with Crippen LogP contribution in [0.5, 0.6) is 0 Å². The number of rotatable bonds is 6. The molecule has 0 N–H and O–H groups in total. The van der Waals surface area contributed by atoms with Gasteiger partial charge in [0.15, 0.2) is 11.5 Å². The Morgan fingerprint density at radius 1 is 1.16 bits per heavy atom. The van der Waals surface area contributed by atoms with Gasteiger partial charge < -0.3 is 4.55 Å². The molecule has 25 heavy (non-hydrogen) atoms. The van der Waals surface area contributed by atoms with Crippen LogP contribution in [-0.4, -0.2) is 41.8 Å². The second-order valence-electron chi connectivity index (χ2n) is 6.11. The molecule has 1 heterocycles. The average Bonchev–Trinajstić information content (AvgIpc) is 2.55. The lowest BCUT2D eigenvalue weighted by Gasteiger charge is -2.12. The molecule has 7 heteroatoms. The molecule has 140 valence electrons. The van der Waals surface area contributed by atoms with Crippen molar-refractivity contribution in [3.05, 3.63) is 29.8 Å². The van der Waals surface area contributed by atoms with Gasteiger partial charge in [0.05, 0.1) is 17.7 Å². The topological polar surface area (TPSA) is 91.3 Å². The minimum atomic E-state index is -4.27. The number of hydrogen-bond donors (Lipinski definition) is 0. The molecule has 0 unspecified atom stereocenters. The van der Waals surface area contributed by atoms with Crippen molar-refractivity contribution in [2.24, 2.45) is 0 Å². The predicted octanol–water partition coefficient (Wildman–Crippen LogP) is 2.63. The van der Waals surface area contributed by atoms with Gasteiger partial charge in [0, 0.05) is 6.42 Å². The minimum absolute atomic E-state index is 0.178. The van der Waals surface area contributed by atoms with Crippen molar-refractivity contribution in [3.8, 4) is 0 Å². The minimum Gasteiger partial charge on any atom is -0.744 e. The van der Waals surface area contributed by atoms with E-state index in [0.717, 1.165) is 42.1 Å². The molecule has 0 amide bonds. The van der Waals surface area contributed by atoms with Crippen molar-refractivity contribution in [2.75, 3.05) is 17.3 Å². The van der Waals surface area contributed by atoms with Crippen molar-refractivity contribution >= 4 is 32.6 Å². The Kier molecular flexibility index (Phi) is 9.38. The third-order valence-electron chi connectivity index (χ3n) is 3.82. The van der Waals surface area contributed by atoms with Crippen LogP contribution < -0.4 is 0 Å². The maximum Gasteiger partial charge on any atom is 0.181 e. The number of hydrogen-bond acceptors (Lipinski definition) is 5. The average molecular weight is 387 g/mol. The quantitative estimate of drug-likeness (QED) is 0.554. The summed E-state index contributed by atoms with van der Waals surface area (Å²) >= 11 is 0. The van der Waals surface area contributed by atoms with Gasteiger partial charge in [-0.3, -0.25) is 9.59 Å². The summed E-state index contributed by atoms with van der Waals surface area (Å²) in [6, 6.07) is 5.78. The Morgan fingerprint density at radius 3 is 2.20 bits per heavy atom. The molecular weight excluding hydrogens is 360 g/mol. The summed E-state index contributed by atoms with van der Waals surface area (Å²) in [5.74, 6) is 3.47. The molecule has 0 aliphatic carbocycles. The lowest BCUT2D eigenvalue weighted by Crippen LogP contribution is -2.29. The molecule has 5 nitrogen and oxygen atoms in total. The first kappa shape index (κ1) is 21.9. The van der Waals surface area contributed by atoms with Crippen molar-refractivity contribution in [1.82, 2.24) is 0 Å². The number of carbonyl (C=O) groups excluding carboxylic acids is 2. The van der Waals surface area contributed by atoms with Gasteiger partial charge in [-0.25, -0.2) is 8.42 Å². The van der Waals surface area contributed by atoms with Gasteiger partial charge in [0.2, 0.25) is 0 Å². The van der Waals surface area contributed by atoms with E-state index in [2.05, 4.69) is 6.92 Å². The highest BCUT2D eigenvalue weighted by atomic mass is 32.2. The third-order valence-corrected chi connectivity index (χ3v) is 6.97. The number of Topliss-reactive ketones (excluding diaryl/α,β-unsaturated/α-hetero) is 2. The SMILES string of the molecule is CCCCC(=O)C[S+]1CCC(=O)CC1.Cc1ccc(S(=O)(=O)[O-])cc1. The largest absolute Gasteiger partial charge is 0.744 e. The van der Waals surface area contributed by atoms with Crippen LogP contribution in [0.2, 0.25) is 0 Å². The zero-order valence-corrected chi connectivity index (χ0v) is 16.5. The smallest absolute Gasteiger partial charge is 0.181 e. The highest BCUT2D eigenvalue weighted by molar-refractivity contribution is 7.97. The summed E-state index contributed by atoms with van der Waals surface area (Å²) in [6.07, 6.45) is 4.29. The summed E-state index contributed by atoms with van der Waals surface area (Å²) in [7, 11) is -4.04. The first-order chi connectivity index (χ1) is 11.7. The number of unbranched alkanes of at least 4 members (excludes halogenated alkanes) is 1. The molecule has 0 aromatic heterocycles. The van der Waals surface area contributed by atoms with Crippen LogP contribution in [0.3, 0.4) is 0 Å². The Morgan fingerprint density at radius 2 is 1.72 bits per heavy atom. The van der Waals surface area contributed by atoms with Crippen molar-refractivity contribution in [3.63, 3.8) is 0 Å². The van der Waals surface area contributed by atoms with E-state index in [0.29, 0.717) is 24.4 Å². The second-order valence-corrected chi connectivity index (χ2v) is 9.82. The normalized spacial score (nSPS) is 15.4. The van der Waals surface area contributed by atoms with E-state index >= 15 is 0 Å². The summed E-state index contributed by atoms with van der Waals surface area (Å²) in [4.78, 5) is 22.3. The Labute approximate surface area is 153 Å². The molecule has 0 saturated carbocycles. The summed E-state index contributed by atoms with van der Waals surface area (Å²) in [6.45, 7) is 3.93. The van der Waals surface area contributed by atoms with Crippen LogP contribution in [0.25, 0.3) is 0 Å². The fraction of sp³-hybridized carbons (Fsp3) is 0.556. The number of benzene rings is 1. The van der Waals surface area contributed by atoms with Crippen molar-refractivity contribution in [1.29, 1.82) is 0 Å². The molecule has 2 rings (SSSR count). The van der Waals surface area contributed by atoms with Gasteiger partial charge in [-0.2, -0.15) is 0 Å². The third kappa shape index (κ3) is 9.18. The van der Waals surface area contributed by atoms with Crippen LogP contribution in [0.15, 0.2) is 29.2 Å². The zero-order chi connectivity index (χ0) is 18.9. The standard InChI is InChI=1S/C11H19O2S.C7H8O3S/c1-2-3-4-11(13)9-14-7-5-10(12)6-8-14;1-6-2-4-7(5-3-6)11(8,9)10/h2-9H2,1H3;2-5H,1H3,(H,8,9,10)/q+1;/p-1. The van der Waals surface area contributed by atoms with E-state index in [4.69, 9.17) is 0 Å². The second kappa shape index (κ2) is 10.7. The van der Waals surface area contributed by atoms with E-state index in [1.165, 1.54) is 12.1 Å². The summed E-state index contributed by atoms with van der Waals surface area (Å²) < 4.78 is 31.2. The molecule has 1 saturated heterocycles. The van der Waals surface area contributed by atoms with Gasteiger partial charge in [-0.1, -0.05) is 31.0 Å². The number of ketones is 2. The molecule has 1 aliphatic heterocycles.